The zero-order chi connectivity index (χ0) is 19.9. The number of hydrogen-bond acceptors (Lipinski definition) is 4. The summed E-state index contributed by atoms with van der Waals surface area (Å²) in [6.07, 6.45) is 4.00. The normalized spacial score (nSPS) is 23.1. The molecular weight excluding hydrogens is 371 g/mol. The lowest BCUT2D eigenvalue weighted by Crippen LogP contribution is -2.50. The van der Waals surface area contributed by atoms with Gasteiger partial charge in [-0.15, -0.1) is 0 Å². The monoisotopic (exact) mass is 400 g/mol. The van der Waals surface area contributed by atoms with Crippen LogP contribution in [0.2, 0.25) is 0 Å². The fourth-order valence-corrected chi connectivity index (χ4v) is 4.21. The third kappa shape index (κ3) is 7.56. The Morgan fingerprint density at radius 3 is 2.78 bits per heavy atom. The summed E-state index contributed by atoms with van der Waals surface area (Å²) >= 11 is 0. The molecule has 0 saturated heterocycles. The first kappa shape index (κ1) is 21.8. The number of benzene rings is 1. The molecule has 2 N–H and O–H groups in total. The van der Waals surface area contributed by atoms with E-state index in [-0.39, 0.29) is 23.7 Å². The van der Waals surface area contributed by atoms with Crippen molar-refractivity contribution in [1.29, 1.82) is 0 Å². The number of amides is 1. The van der Waals surface area contributed by atoms with E-state index in [2.05, 4.69) is 10.0 Å². The summed E-state index contributed by atoms with van der Waals surface area (Å²) in [4.78, 5) is 12.5. The molecule has 0 unspecified atom stereocenters. The van der Waals surface area contributed by atoms with E-state index in [9.17, 15) is 17.6 Å². The second-order valence-electron chi connectivity index (χ2n) is 7.09. The van der Waals surface area contributed by atoms with Crippen LogP contribution in [0.4, 0.5) is 4.39 Å². The van der Waals surface area contributed by atoms with Crippen molar-refractivity contribution < 1.29 is 22.3 Å². The number of carbonyl (C=O) groups excluding carboxylic acids is 1. The molecule has 0 heterocycles. The molecule has 6 nitrogen and oxygen atoms in total. The molecule has 1 fully saturated rings. The molecule has 0 spiro atoms. The van der Waals surface area contributed by atoms with Gasteiger partial charge in [-0.25, -0.2) is 17.5 Å². The van der Waals surface area contributed by atoms with Crippen molar-refractivity contribution in [1.82, 2.24) is 10.0 Å². The predicted molar refractivity (Wildman–Crippen MR) is 102 cm³/mol. The Morgan fingerprint density at radius 2 is 2.11 bits per heavy atom. The van der Waals surface area contributed by atoms with Crippen LogP contribution in [0.5, 0.6) is 0 Å². The van der Waals surface area contributed by atoms with Gasteiger partial charge >= 0.3 is 0 Å². The Hall–Kier alpha value is -1.51. The number of ether oxygens (including phenoxy) is 1. The summed E-state index contributed by atoms with van der Waals surface area (Å²) in [5, 5.41) is 2.88. The number of nitrogens with one attached hydrogen (secondary N) is 2. The molecule has 1 amide bonds. The lowest BCUT2D eigenvalue weighted by molar-refractivity contribution is -0.127. The van der Waals surface area contributed by atoms with Crippen molar-refractivity contribution in [2.75, 3.05) is 19.4 Å². The third-order valence-electron chi connectivity index (χ3n) is 4.66. The Labute approximate surface area is 160 Å². The molecule has 0 aromatic heterocycles. The molecule has 27 heavy (non-hydrogen) atoms. The van der Waals surface area contributed by atoms with Crippen LogP contribution in [-0.2, 0) is 26.0 Å². The maximum absolute atomic E-state index is 13.2. The molecule has 1 aliphatic rings. The van der Waals surface area contributed by atoms with Crippen molar-refractivity contribution >= 4 is 15.9 Å². The van der Waals surface area contributed by atoms with Crippen molar-refractivity contribution in [3.63, 3.8) is 0 Å². The van der Waals surface area contributed by atoms with E-state index in [1.54, 1.807) is 6.07 Å². The first-order chi connectivity index (χ1) is 12.8. The summed E-state index contributed by atoms with van der Waals surface area (Å²) in [7, 11) is -3.39. The second-order valence-corrected chi connectivity index (χ2v) is 8.87. The van der Waals surface area contributed by atoms with E-state index >= 15 is 0 Å². The van der Waals surface area contributed by atoms with E-state index in [1.807, 2.05) is 13.0 Å². The highest BCUT2D eigenvalue weighted by molar-refractivity contribution is 7.88. The summed E-state index contributed by atoms with van der Waals surface area (Å²) < 4.78 is 44.9. The first-order valence-corrected chi connectivity index (χ1v) is 11.3. The van der Waals surface area contributed by atoms with Gasteiger partial charge in [0.15, 0.2) is 0 Å². The summed E-state index contributed by atoms with van der Waals surface area (Å²) in [5.74, 6) is -0.655. The molecular formula is C19H29FN2O4S. The van der Waals surface area contributed by atoms with Crippen molar-refractivity contribution in [2.45, 2.75) is 51.2 Å². The van der Waals surface area contributed by atoms with Gasteiger partial charge in [-0.1, -0.05) is 19.1 Å². The maximum Gasteiger partial charge on any atom is 0.223 e. The molecule has 3 atom stereocenters. The van der Waals surface area contributed by atoms with Gasteiger partial charge in [0.25, 0.3) is 0 Å². The van der Waals surface area contributed by atoms with Gasteiger partial charge < -0.3 is 10.1 Å². The van der Waals surface area contributed by atoms with Gasteiger partial charge in [0.1, 0.15) is 5.82 Å². The minimum absolute atomic E-state index is 0.0966. The predicted octanol–water partition coefficient (Wildman–Crippen LogP) is 2.00. The van der Waals surface area contributed by atoms with Gasteiger partial charge in [0.05, 0.1) is 12.4 Å². The average molecular weight is 401 g/mol. The second kappa shape index (κ2) is 10.1. The maximum atomic E-state index is 13.2. The summed E-state index contributed by atoms with van der Waals surface area (Å²) in [6.45, 7) is 2.98. The minimum Gasteiger partial charge on any atom is -0.377 e. The molecule has 152 valence electrons. The standard InChI is InChI=1S/C19H29FN2O4S/c1-3-11-26-18-8-7-15(13-17(18)22-27(2,24)25)19(23)21-10-9-14-5-4-6-16(20)12-14/h4-6,12,15,17-18,22H,3,7-11,13H2,1-2H3,(H,21,23)/t15-,17+,18+/m0/s1. The minimum atomic E-state index is -3.39. The summed E-state index contributed by atoms with van der Waals surface area (Å²) in [5.41, 5.74) is 0.823. The Morgan fingerprint density at radius 1 is 1.33 bits per heavy atom. The zero-order valence-corrected chi connectivity index (χ0v) is 16.7. The van der Waals surface area contributed by atoms with E-state index < -0.39 is 16.1 Å². The van der Waals surface area contributed by atoms with Gasteiger partial charge in [0, 0.05) is 25.1 Å². The van der Waals surface area contributed by atoms with E-state index in [0.29, 0.717) is 38.8 Å². The number of halogens is 1. The molecule has 8 heteroatoms. The van der Waals surface area contributed by atoms with E-state index in [1.165, 1.54) is 12.1 Å². The lowest BCUT2D eigenvalue weighted by atomic mass is 9.83. The highest BCUT2D eigenvalue weighted by Gasteiger charge is 2.35. The smallest absolute Gasteiger partial charge is 0.223 e. The van der Waals surface area contributed by atoms with Gasteiger partial charge in [-0.05, 0) is 49.8 Å². The van der Waals surface area contributed by atoms with Gasteiger partial charge in [0.2, 0.25) is 15.9 Å². The van der Waals surface area contributed by atoms with Crippen LogP contribution in [0.3, 0.4) is 0 Å². The molecule has 1 aromatic rings. The topological polar surface area (TPSA) is 84.5 Å². The first-order valence-electron chi connectivity index (χ1n) is 9.39. The van der Waals surface area contributed by atoms with Crippen molar-refractivity contribution in [3.8, 4) is 0 Å². The van der Waals surface area contributed by atoms with Crippen LogP contribution >= 0.6 is 0 Å². The van der Waals surface area contributed by atoms with E-state index in [0.717, 1.165) is 18.2 Å². The van der Waals surface area contributed by atoms with Crippen LogP contribution in [0.15, 0.2) is 24.3 Å². The lowest BCUT2D eigenvalue weighted by Gasteiger charge is -2.35. The molecule has 1 saturated carbocycles. The SMILES string of the molecule is CCCO[C@@H]1CC[C@H](C(=O)NCCc2cccc(F)c2)C[C@H]1NS(C)(=O)=O. The number of hydrogen-bond donors (Lipinski definition) is 2. The van der Waals surface area contributed by atoms with Crippen molar-refractivity contribution in [3.05, 3.63) is 35.6 Å². The fourth-order valence-electron chi connectivity index (χ4n) is 3.42. The molecule has 1 aliphatic carbocycles. The summed E-state index contributed by atoms with van der Waals surface area (Å²) in [6, 6.07) is 5.90. The quantitative estimate of drug-likeness (QED) is 0.664. The molecule has 1 aromatic carbocycles. The Kier molecular flexibility index (Phi) is 8.19. The number of sulfonamides is 1. The third-order valence-corrected chi connectivity index (χ3v) is 5.39. The Balaban J connectivity index is 1.88. The van der Waals surface area contributed by atoms with Crippen LogP contribution in [0.25, 0.3) is 0 Å². The molecule has 0 aliphatic heterocycles. The van der Waals surface area contributed by atoms with Crippen LogP contribution in [0.1, 0.15) is 38.2 Å². The zero-order valence-electron chi connectivity index (χ0n) is 15.9. The van der Waals surface area contributed by atoms with Crippen LogP contribution in [-0.4, -0.2) is 45.9 Å². The highest BCUT2D eigenvalue weighted by Crippen LogP contribution is 2.27. The average Bonchev–Trinajstić information content (AvgIpc) is 2.59. The van der Waals surface area contributed by atoms with Crippen molar-refractivity contribution in [2.24, 2.45) is 5.92 Å². The van der Waals surface area contributed by atoms with Crippen LogP contribution < -0.4 is 10.0 Å². The molecule has 0 bridgehead atoms. The number of rotatable bonds is 9. The molecule has 2 rings (SSSR count). The van der Waals surface area contributed by atoms with Gasteiger partial charge in [-0.3, -0.25) is 4.79 Å². The highest BCUT2D eigenvalue weighted by atomic mass is 32.2. The number of carbonyl (C=O) groups is 1. The molecule has 0 radical (unpaired) electrons. The van der Waals surface area contributed by atoms with Crippen LogP contribution in [0, 0.1) is 11.7 Å². The van der Waals surface area contributed by atoms with E-state index in [4.69, 9.17) is 4.74 Å². The van der Waals surface area contributed by atoms with Gasteiger partial charge in [-0.2, -0.15) is 0 Å². The Bertz CT molecular complexity index is 726. The largest absolute Gasteiger partial charge is 0.377 e. The fraction of sp³-hybridized carbons (Fsp3) is 0.632.